The first-order chi connectivity index (χ1) is 12.0. The van der Waals surface area contributed by atoms with E-state index in [1.807, 2.05) is 44.2 Å². The van der Waals surface area contributed by atoms with Gasteiger partial charge in [-0.2, -0.15) is 5.10 Å². The fourth-order valence-electron chi connectivity index (χ4n) is 3.22. The van der Waals surface area contributed by atoms with Gasteiger partial charge in [0.2, 0.25) is 0 Å². The predicted octanol–water partition coefficient (Wildman–Crippen LogP) is 1.57. The Morgan fingerprint density at radius 3 is 2.96 bits per heavy atom. The third-order valence-electron chi connectivity index (χ3n) is 4.67. The SMILES string of the molecule is CC(C)(O)[C@@H]1CN(c2cccc(-c3[nH]nc4ncccc34)n2)CCN1. The van der Waals surface area contributed by atoms with Gasteiger partial charge in [0.1, 0.15) is 5.82 Å². The van der Waals surface area contributed by atoms with E-state index in [1.165, 1.54) is 0 Å². The number of fused-ring (bicyclic) bond motifs is 1. The van der Waals surface area contributed by atoms with Crippen molar-refractivity contribution in [3.8, 4) is 11.4 Å². The van der Waals surface area contributed by atoms with E-state index in [9.17, 15) is 5.11 Å². The van der Waals surface area contributed by atoms with Crippen LogP contribution < -0.4 is 10.2 Å². The van der Waals surface area contributed by atoms with Crippen molar-refractivity contribution in [1.29, 1.82) is 0 Å². The molecule has 0 bridgehead atoms. The Bertz CT molecular complexity index is 884. The standard InChI is InChI=1S/C18H22N6O/c1-18(2,25)14-11-24(10-9-19-14)15-7-3-6-13(21-15)16-12-5-4-8-20-17(12)23-22-16/h3-8,14,19,25H,9-11H2,1-2H3,(H,20,22,23)/t14-/m0/s1. The Morgan fingerprint density at radius 1 is 1.24 bits per heavy atom. The number of aliphatic hydroxyl groups is 1. The van der Waals surface area contributed by atoms with Gasteiger partial charge >= 0.3 is 0 Å². The van der Waals surface area contributed by atoms with Crippen molar-refractivity contribution in [1.82, 2.24) is 25.5 Å². The number of H-pyrrole nitrogens is 1. The third-order valence-corrected chi connectivity index (χ3v) is 4.67. The Balaban J connectivity index is 1.66. The molecule has 0 aromatic carbocycles. The van der Waals surface area contributed by atoms with Crippen molar-refractivity contribution in [3.05, 3.63) is 36.5 Å². The quantitative estimate of drug-likeness (QED) is 0.672. The first kappa shape index (κ1) is 16.0. The van der Waals surface area contributed by atoms with Crippen LogP contribution in [-0.2, 0) is 0 Å². The fraction of sp³-hybridized carbons (Fsp3) is 0.389. The van der Waals surface area contributed by atoms with E-state index in [4.69, 9.17) is 4.98 Å². The Labute approximate surface area is 146 Å². The number of rotatable bonds is 3. The fourth-order valence-corrected chi connectivity index (χ4v) is 3.22. The van der Waals surface area contributed by atoms with Crippen LogP contribution in [-0.4, -0.2) is 56.5 Å². The largest absolute Gasteiger partial charge is 0.389 e. The third kappa shape index (κ3) is 3.08. The lowest BCUT2D eigenvalue weighted by atomic mass is 9.97. The lowest BCUT2D eigenvalue weighted by molar-refractivity contribution is 0.0363. The normalized spacial score (nSPS) is 18.7. The van der Waals surface area contributed by atoms with E-state index in [0.717, 1.165) is 35.7 Å². The molecule has 0 spiro atoms. The molecule has 4 heterocycles. The van der Waals surface area contributed by atoms with Crippen molar-refractivity contribution in [2.24, 2.45) is 0 Å². The average Bonchev–Trinajstić information content (AvgIpc) is 3.05. The summed E-state index contributed by atoms with van der Waals surface area (Å²) in [5.74, 6) is 0.903. The van der Waals surface area contributed by atoms with Gasteiger partial charge in [0.25, 0.3) is 0 Å². The van der Waals surface area contributed by atoms with Crippen LogP contribution in [0.4, 0.5) is 5.82 Å². The molecule has 7 heteroatoms. The van der Waals surface area contributed by atoms with Crippen LogP contribution >= 0.6 is 0 Å². The molecule has 25 heavy (non-hydrogen) atoms. The number of aromatic amines is 1. The van der Waals surface area contributed by atoms with E-state index in [1.54, 1.807) is 6.20 Å². The van der Waals surface area contributed by atoms with Crippen LogP contribution in [0.5, 0.6) is 0 Å². The summed E-state index contributed by atoms with van der Waals surface area (Å²) in [4.78, 5) is 11.3. The molecule has 3 aromatic heterocycles. The average molecular weight is 338 g/mol. The molecule has 0 unspecified atom stereocenters. The number of hydrogen-bond donors (Lipinski definition) is 3. The van der Waals surface area contributed by atoms with Crippen molar-refractivity contribution < 1.29 is 5.11 Å². The first-order valence-corrected chi connectivity index (χ1v) is 8.49. The molecule has 7 nitrogen and oxygen atoms in total. The zero-order chi connectivity index (χ0) is 17.4. The Kier molecular flexibility index (Phi) is 3.89. The summed E-state index contributed by atoms with van der Waals surface area (Å²) in [5.41, 5.74) is 1.63. The molecule has 1 saturated heterocycles. The van der Waals surface area contributed by atoms with Gasteiger partial charge in [-0.05, 0) is 38.1 Å². The molecule has 1 aliphatic rings. The minimum atomic E-state index is -0.776. The van der Waals surface area contributed by atoms with Gasteiger partial charge in [0.15, 0.2) is 5.65 Å². The maximum Gasteiger partial charge on any atom is 0.181 e. The minimum Gasteiger partial charge on any atom is -0.389 e. The first-order valence-electron chi connectivity index (χ1n) is 8.49. The van der Waals surface area contributed by atoms with Gasteiger partial charge < -0.3 is 15.3 Å². The zero-order valence-corrected chi connectivity index (χ0v) is 14.4. The summed E-state index contributed by atoms with van der Waals surface area (Å²) in [6, 6.07) is 9.87. The van der Waals surface area contributed by atoms with E-state index in [-0.39, 0.29) is 6.04 Å². The van der Waals surface area contributed by atoms with Crippen LogP contribution in [0.25, 0.3) is 22.4 Å². The molecule has 3 aromatic rings. The molecule has 0 radical (unpaired) electrons. The van der Waals surface area contributed by atoms with E-state index in [0.29, 0.717) is 12.2 Å². The number of nitrogens with zero attached hydrogens (tertiary/aromatic N) is 4. The molecule has 1 fully saturated rings. The van der Waals surface area contributed by atoms with E-state index in [2.05, 4.69) is 25.4 Å². The second-order valence-corrected chi connectivity index (χ2v) is 6.96. The monoisotopic (exact) mass is 338 g/mol. The summed E-state index contributed by atoms with van der Waals surface area (Å²) in [6.07, 6.45) is 1.73. The second-order valence-electron chi connectivity index (χ2n) is 6.96. The zero-order valence-electron chi connectivity index (χ0n) is 14.4. The number of pyridine rings is 2. The summed E-state index contributed by atoms with van der Waals surface area (Å²) in [7, 11) is 0. The predicted molar refractivity (Wildman–Crippen MR) is 97.4 cm³/mol. The molecule has 0 saturated carbocycles. The van der Waals surface area contributed by atoms with Crippen LogP contribution in [0.1, 0.15) is 13.8 Å². The minimum absolute atomic E-state index is 0.00360. The maximum atomic E-state index is 10.3. The number of aromatic nitrogens is 4. The van der Waals surface area contributed by atoms with Crippen LogP contribution in [0.2, 0.25) is 0 Å². The number of piperazine rings is 1. The van der Waals surface area contributed by atoms with E-state index >= 15 is 0 Å². The lowest BCUT2D eigenvalue weighted by Gasteiger charge is -2.40. The number of nitrogens with one attached hydrogen (secondary N) is 2. The topological polar surface area (TPSA) is 90.0 Å². The van der Waals surface area contributed by atoms with Gasteiger partial charge in [0, 0.05) is 31.2 Å². The summed E-state index contributed by atoms with van der Waals surface area (Å²) < 4.78 is 0. The van der Waals surface area contributed by atoms with Gasteiger partial charge in [-0.3, -0.25) is 5.10 Å². The highest BCUT2D eigenvalue weighted by Crippen LogP contribution is 2.26. The van der Waals surface area contributed by atoms with Gasteiger partial charge in [-0.1, -0.05) is 6.07 Å². The highest BCUT2D eigenvalue weighted by atomic mass is 16.3. The molecule has 1 aliphatic heterocycles. The molecule has 1 atom stereocenters. The molecule has 3 N–H and O–H groups in total. The molecular weight excluding hydrogens is 316 g/mol. The van der Waals surface area contributed by atoms with E-state index < -0.39 is 5.60 Å². The van der Waals surface area contributed by atoms with Gasteiger partial charge in [-0.15, -0.1) is 0 Å². The van der Waals surface area contributed by atoms with Crippen molar-refractivity contribution >= 4 is 16.9 Å². The van der Waals surface area contributed by atoms with Crippen LogP contribution in [0, 0.1) is 0 Å². The summed E-state index contributed by atoms with van der Waals surface area (Å²) in [5, 5.41) is 21.9. The smallest absolute Gasteiger partial charge is 0.181 e. The number of anilines is 1. The van der Waals surface area contributed by atoms with Crippen LogP contribution in [0.3, 0.4) is 0 Å². The highest BCUT2D eigenvalue weighted by molar-refractivity contribution is 5.89. The number of hydrogen-bond acceptors (Lipinski definition) is 6. The lowest BCUT2D eigenvalue weighted by Crippen LogP contribution is -2.59. The maximum absolute atomic E-state index is 10.3. The Morgan fingerprint density at radius 2 is 2.12 bits per heavy atom. The van der Waals surface area contributed by atoms with Crippen molar-refractivity contribution in [3.63, 3.8) is 0 Å². The van der Waals surface area contributed by atoms with Gasteiger partial charge in [0.05, 0.1) is 23.0 Å². The van der Waals surface area contributed by atoms with Gasteiger partial charge in [-0.25, -0.2) is 9.97 Å². The summed E-state index contributed by atoms with van der Waals surface area (Å²) >= 11 is 0. The van der Waals surface area contributed by atoms with Crippen molar-refractivity contribution in [2.45, 2.75) is 25.5 Å². The molecular formula is C18H22N6O. The molecule has 130 valence electrons. The highest BCUT2D eigenvalue weighted by Gasteiger charge is 2.31. The molecule has 0 aliphatic carbocycles. The molecule has 4 rings (SSSR count). The second kappa shape index (κ2) is 6.09. The molecule has 0 amide bonds. The Hall–Kier alpha value is -2.51. The van der Waals surface area contributed by atoms with Crippen LogP contribution in [0.15, 0.2) is 36.5 Å². The van der Waals surface area contributed by atoms with Crippen molar-refractivity contribution in [2.75, 3.05) is 24.5 Å². The summed E-state index contributed by atoms with van der Waals surface area (Å²) in [6.45, 7) is 6.06.